The van der Waals surface area contributed by atoms with E-state index in [0.717, 1.165) is 6.42 Å². The lowest BCUT2D eigenvalue weighted by molar-refractivity contribution is 0.315. The van der Waals surface area contributed by atoms with E-state index in [1.165, 1.54) is 6.20 Å². The van der Waals surface area contributed by atoms with Crippen LogP contribution in [0, 0.1) is 0 Å². The molecule has 0 aliphatic carbocycles. The molecule has 0 bridgehead atoms. The Balaban J connectivity index is 2.10. The molecule has 0 N–H and O–H groups in total. The van der Waals surface area contributed by atoms with E-state index in [-0.39, 0.29) is 0 Å². The third kappa shape index (κ3) is 2.91. The molecule has 0 saturated heterocycles. The highest BCUT2D eigenvalue weighted by molar-refractivity contribution is 6.34. The summed E-state index contributed by atoms with van der Waals surface area (Å²) in [4.78, 5) is 12.7. The highest BCUT2D eigenvalue weighted by Crippen LogP contribution is 2.30. The monoisotopic (exact) mass is 334 g/mol. The summed E-state index contributed by atoms with van der Waals surface area (Å²) in [6.07, 6.45) is 9.32. The van der Waals surface area contributed by atoms with Crippen LogP contribution in [0.2, 0.25) is 10.2 Å². The summed E-state index contributed by atoms with van der Waals surface area (Å²) in [5.41, 5.74) is 1.96. The maximum atomic E-state index is 6.19. The van der Waals surface area contributed by atoms with Gasteiger partial charge in [0.1, 0.15) is 5.15 Å². The fourth-order valence-corrected chi connectivity index (χ4v) is 2.34. The van der Waals surface area contributed by atoms with Gasteiger partial charge in [-0.3, -0.25) is 0 Å². The minimum absolute atomic E-state index is 0.348. The average Bonchev–Trinajstić information content (AvgIpc) is 2.98. The van der Waals surface area contributed by atoms with Crippen LogP contribution in [-0.2, 0) is 0 Å². The zero-order chi connectivity index (χ0) is 15.5. The molecular formula is C15H12Cl2N4O. The molecule has 112 valence electrons. The third-order valence-electron chi connectivity index (χ3n) is 3.00. The molecule has 3 heterocycles. The Morgan fingerprint density at radius 3 is 3.00 bits per heavy atom. The van der Waals surface area contributed by atoms with Gasteiger partial charge in [0, 0.05) is 30.4 Å². The van der Waals surface area contributed by atoms with Crippen molar-refractivity contribution in [2.75, 3.05) is 6.61 Å². The molecule has 0 aliphatic heterocycles. The van der Waals surface area contributed by atoms with Gasteiger partial charge in [0.2, 0.25) is 5.65 Å². The van der Waals surface area contributed by atoms with E-state index < -0.39 is 0 Å². The van der Waals surface area contributed by atoms with Crippen molar-refractivity contribution in [3.05, 3.63) is 53.7 Å². The van der Waals surface area contributed by atoms with Crippen molar-refractivity contribution >= 4 is 28.8 Å². The van der Waals surface area contributed by atoms with Crippen LogP contribution in [0.4, 0.5) is 0 Å². The van der Waals surface area contributed by atoms with Crippen molar-refractivity contribution < 1.29 is 4.74 Å². The zero-order valence-electron chi connectivity index (χ0n) is 11.5. The molecule has 0 aromatic carbocycles. The van der Waals surface area contributed by atoms with Crippen LogP contribution in [-0.4, -0.2) is 26.0 Å². The van der Waals surface area contributed by atoms with Crippen molar-refractivity contribution in [3.8, 4) is 17.1 Å². The Morgan fingerprint density at radius 2 is 2.18 bits per heavy atom. The number of imidazole rings is 1. The van der Waals surface area contributed by atoms with Crippen molar-refractivity contribution in [2.24, 2.45) is 0 Å². The number of halogens is 2. The van der Waals surface area contributed by atoms with Crippen molar-refractivity contribution in [3.63, 3.8) is 0 Å². The number of rotatable bonds is 5. The Labute approximate surface area is 137 Å². The number of pyridine rings is 1. The second-order valence-electron chi connectivity index (χ2n) is 4.50. The SMILES string of the molecule is C=CCCOc1nc(-c2cc(Cl)ncc2Cl)cn2ccnc12. The quantitative estimate of drug-likeness (QED) is 0.401. The second kappa shape index (κ2) is 6.34. The van der Waals surface area contributed by atoms with Gasteiger partial charge >= 0.3 is 0 Å². The van der Waals surface area contributed by atoms with Gasteiger partial charge < -0.3 is 9.14 Å². The van der Waals surface area contributed by atoms with Crippen LogP contribution in [0.15, 0.2) is 43.5 Å². The molecule has 0 spiro atoms. The molecule has 22 heavy (non-hydrogen) atoms. The van der Waals surface area contributed by atoms with Crippen LogP contribution in [0.5, 0.6) is 5.88 Å². The van der Waals surface area contributed by atoms with Gasteiger partial charge in [-0.2, -0.15) is 0 Å². The lowest BCUT2D eigenvalue weighted by atomic mass is 10.2. The molecule has 7 heteroatoms. The van der Waals surface area contributed by atoms with Gasteiger partial charge in [-0.15, -0.1) is 6.58 Å². The van der Waals surface area contributed by atoms with Gasteiger partial charge in [0.05, 0.1) is 17.3 Å². The second-order valence-corrected chi connectivity index (χ2v) is 5.30. The largest absolute Gasteiger partial charge is 0.475 e. The first kappa shape index (κ1) is 14.8. The summed E-state index contributed by atoms with van der Waals surface area (Å²) in [5.74, 6) is 0.438. The van der Waals surface area contributed by atoms with Crippen LogP contribution in [0.3, 0.4) is 0 Å². The molecule has 0 unspecified atom stereocenters. The van der Waals surface area contributed by atoms with E-state index in [9.17, 15) is 0 Å². The highest BCUT2D eigenvalue weighted by atomic mass is 35.5. The maximum Gasteiger partial charge on any atom is 0.258 e. The maximum absolute atomic E-state index is 6.19. The van der Waals surface area contributed by atoms with E-state index in [1.54, 1.807) is 18.3 Å². The summed E-state index contributed by atoms with van der Waals surface area (Å²) >= 11 is 12.1. The van der Waals surface area contributed by atoms with E-state index in [4.69, 9.17) is 27.9 Å². The van der Waals surface area contributed by atoms with Crippen LogP contribution < -0.4 is 4.74 Å². The summed E-state index contributed by atoms with van der Waals surface area (Å²) in [5, 5.41) is 0.814. The summed E-state index contributed by atoms with van der Waals surface area (Å²) in [6.45, 7) is 4.15. The summed E-state index contributed by atoms with van der Waals surface area (Å²) < 4.78 is 7.52. The van der Waals surface area contributed by atoms with Crippen molar-refractivity contribution in [2.45, 2.75) is 6.42 Å². The number of nitrogens with zero attached hydrogens (tertiary/aromatic N) is 4. The predicted molar refractivity (Wildman–Crippen MR) is 86.5 cm³/mol. The van der Waals surface area contributed by atoms with Crippen molar-refractivity contribution in [1.29, 1.82) is 0 Å². The van der Waals surface area contributed by atoms with Gasteiger partial charge in [0.25, 0.3) is 5.88 Å². The minimum atomic E-state index is 0.348. The fourth-order valence-electron chi connectivity index (χ4n) is 1.98. The Morgan fingerprint density at radius 1 is 1.32 bits per heavy atom. The third-order valence-corrected chi connectivity index (χ3v) is 3.51. The van der Waals surface area contributed by atoms with Gasteiger partial charge in [-0.25, -0.2) is 15.0 Å². The standard InChI is InChI=1S/C15H12Cl2N4O/c1-2-3-6-22-15-14-18-4-5-21(14)9-12(20-15)10-7-13(17)19-8-11(10)16/h2,4-5,7-9H,1,3,6H2. The molecule has 0 amide bonds. The zero-order valence-corrected chi connectivity index (χ0v) is 13.1. The smallest absolute Gasteiger partial charge is 0.258 e. The molecule has 0 radical (unpaired) electrons. The predicted octanol–water partition coefficient (Wildman–Crippen LogP) is 4.05. The fraction of sp³-hybridized carbons (Fsp3) is 0.133. The first-order chi connectivity index (χ1) is 10.7. The van der Waals surface area contributed by atoms with E-state index in [1.807, 2.05) is 16.8 Å². The van der Waals surface area contributed by atoms with Crippen LogP contribution >= 0.6 is 23.2 Å². The first-order valence-electron chi connectivity index (χ1n) is 6.58. The topological polar surface area (TPSA) is 52.3 Å². The van der Waals surface area contributed by atoms with Gasteiger partial charge in [-0.1, -0.05) is 29.3 Å². The van der Waals surface area contributed by atoms with E-state index >= 15 is 0 Å². The Kier molecular flexibility index (Phi) is 4.27. The number of aromatic nitrogens is 4. The summed E-state index contributed by atoms with van der Waals surface area (Å²) in [6, 6.07) is 1.67. The lowest BCUT2D eigenvalue weighted by Crippen LogP contribution is -2.02. The molecular weight excluding hydrogens is 323 g/mol. The summed E-state index contributed by atoms with van der Waals surface area (Å²) in [7, 11) is 0. The first-order valence-corrected chi connectivity index (χ1v) is 7.33. The molecule has 3 aromatic heterocycles. The van der Waals surface area contributed by atoms with Gasteiger partial charge in [-0.05, 0) is 12.5 Å². The number of hydrogen-bond acceptors (Lipinski definition) is 4. The highest BCUT2D eigenvalue weighted by Gasteiger charge is 2.13. The van der Waals surface area contributed by atoms with Crippen molar-refractivity contribution in [1.82, 2.24) is 19.4 Å². The van der Waals surface area contributed by atoms with Crippen LogP contribution in [0.1, 0.15) is 6.42 Å². The van der Waals surface area contributed by atoms with Crippen LogP contribution in [0.25, 0.3) is 16.9 Å². The van der Waals surface area contributed by atoms with E-state index in [2.05, 4.69) is 21.5 Å². The molecule has 0 atom stereocenters. The normalized spacial score (nSPS) is 10.8. The Hall–Kier alpha value is -2.11. The molecule has 0 fully saturated rings. The number of ether oxygens (including phenoxy) is 1. The molecule has 0 aliphatic rings. The van der Waals surface area contributed by atoms with E-state index in [0.29, 0.717) is 39.6 Å². The Bertz CT molecular complexity index is 832. The molecule has 5 nitrogen and oxygen atoms in total. The minimum Gasteiger partial charge on any atom is -0.475 e. The molecule has 3 rings (SSSR count). The molecule has 0 saturated carbocycles. The average molecular weight is 335 g/mol. The van der Waals surface area contributed by atoms with Gasteiger partial charge in [0.15, 0.2) is 0 Å². The number of fused-ring (bicyclic) bond motifs is 1. The lowest BCUT2D eigenvalue weighted by Gasteiger charge is -2.09. The number of hydrogen-bond donors (Lipinski definition) is 0. The molecule has 3 aromatic rings.